The Bertz CT molecular complexity index is 908. The van der Waals surface area contributed by atoms with Crippen LogP contribution < -0.4 is 5.32 Å². The van der Waals surface area contributed by atoms with E-state index in [1.165, 1.54) is 0 Å². The molecule has 1 unspecified atom stereocenters. The second kappa shape index (κ2) is 6.78. The van der Waals surface area contributed by atoms with Gasteiger partial charge in [0.25, 0.3) is 0 Å². The maximum Gasteiger partial charge on any atom is 0.322 e. The summed E-state index contributed by atoms with van der Waals surface area (Å²) in [5.41, 5.74) is 2.81. The molecule has 1 saturated heterocycles. The lowest BCUT2D eigenvalue weighted by molar-refractivity contribution is -0.0135. The van der Waals surface area contributed by atoms with Gasteiger partial charge in [-0.3, -0.25) is 0 Å². The molecule has 1 aliphatic rings. The number of morpholine rings is 1. The van der Waals surface area contributed by atoms with Crippen molar-refractivity contribution < 1.29 is 9.53 Å². The number of hydrogen-bond acceptors (Lipinski definition) is 2. The topological polar surface area (TPSA) is 57.4 Å². The number of nitrogens with one attached hydrogen (secondary N) is 2. The molecule has 2 heterocycles. The molecule has 1 fully saturated rings. The molecule has 0 radical (unpaired) electrons. The van der Waals surface area contributed by atoms with Gasteiger partial charge in [-0.2, -0.15) is 0 Å². The summed E-state index contributed by atoms with van der Waals surface area (Å²) >= 11 is 6.06. The number of aromatic nitrogens is 1. The number of benzene rings is 2. The lowest BCUT2D eigenvalue weighted by Gasteiger charge is -2.33. The lowest BCUT2D eigenvalue weighted by atomic mass is 10.1. The Morgan fingerprint density at radius 3 is 3.04 bits per heavy atom. The van der Waals surface area contributed by atoms with Crippen molar-refractivity contribution in [1.29, 1.82) is 0 Å². The van der Waals surface area contributed by atoms with Crippen molar-refractivity contribution in [2.24, 2.45) is 0 Å². The maximum absolute atomic E-state index is 12.6. The van der Waals surface area contributed by atoms with Gasteiger partial charge in [0.1, 0.15) is 6.10 Å². The number of nitrogens with zero attached hydrogens (tertiary/aromatic N) is 1. The van der Waals surface area contributed by atoms with Gasteiger partial charge in [0.05, 0.1) is 13.2 Å². The van der Waals surface area contributed by atoms with Crippen LogP contribution in [0.1, 0.15) is 11.7 Å². The number of hydrogen-bond donors (Lipinski definition) is 2. The molecular formula is C19H18ClN3O2. The number of amides is 2. The number of aromatic amines is 1. The molecule has 6 heteroatoms. The molecule has 128 valence electrons. The van der Waals surface area contributed by atoms with E-state index in [-0.39, 0.29) is 12.1 Å². The standard InChI is InChI=1S/C19H18ClN3O2/c20-15-3-1-2-14(10-15)18-12-23(8-9-25-18)19(24)22-16-4-5-17-13(11-16)6-7-21-17/h1-7,10-11,18,21H,8-9,12H2,(H,22,24). The summed E-state index contributed by atoms with van der Waals surface area (Å²) in [4.78, 5) is 17.5. The Morgan fingerprint density at radius 1 is 1.24 bits per heavy atom. The second-order valence-corrected chi connectivity index (χ2v) is 6.51. The highest BCUT2D eigenvalue weighted by Crippen LogP contribution is 2.25. The number of urea groups is 1. The molecule has 4 rings (SSSR count). The largest absolute Gasteiger partial charge is 0.370 e. The number of ether oxygens (including phenoxy) is 1. The van der Waals surface area contributed by atoms with E-state index in [0.29, 0.717) is 24.7 Å². The molecule has 2 aromatic carbocycles. The molecule has 25 heavy (non-hydrogen) atoms. The molecule has 3 aromatic rings. The van der Waals surface area contributed by atoms with Gasteiger partial charge in [-0.05, 0) is 42.0 Å². The highest BCUT2D eigenvalue weighted by atomic mass is 35.5. The average Bonchev–Trinajstić information content (AvgIpc) is 3.09. The van der Waals surface area contributed by atoms with Crippen LogP contribution in [-0.4, -0.2) is 35.6 Å². The third-order valence-corrected chi connectivity index (χ3v) is 4.61. The van der Waals surface area contributed by atoms with E-state index in [9.17, 15) is 4.79 Å². The number of carbonyl (C=O) groups excluding carboxylic acids is 1. The van der Waals surface area contributed by atoms with Crippen LogP contribution in [0.5, 0.6) is 0 Å². The number of anilines is 1. The molecule has 0 bridgehead atoms. The molecule has 0 aliphatic carbocycles. The Morgan fingerprint density at radius 2 is 2.16 bits per heavy atom. The Balaban J connectivity index is 1.46. The Kier molecular flexibility index (Phi) is 4.34. The van der Waals surface area contributed by atoms with Gasteiger partial charge < -0.3 is 19.9 Å². The first kappa shape index (κ1) is 16.0. The van der Waals surface area contributed by atoms with Crippen molar-refractivity contribution in [2.45, 2.75) is 6.10 Å². The van der Waals surface area contributed by atoms with Gasteiger partial charge in [0.15, 0.2) is 0 Å². The zero-order valence-corrected chi connectivity index (χ0v) is 14.3. The summed E-state index contributed by atoms with van der Waals surface area (Å²) < 4.78 is 5.81. The summed E-state index contributed by atoms with van der Waals surface area (Å²) in [5.74, 6) is 0. The van der Waals surface area contributed by atoms with E-state index < -0.39 is 0 Å². The third kappa shape index (κ3) is 3.48. The van der Waals surface area contributed by atoms with E-state index in [0.717, 1.165) is 22.2 Å². The van der Waals surface area contributed by atoms with Crippen molar-refractivity contribution in [3.05, 3.63) is 65.3 Å². The summed E-state index contributed by atoms with van der Waals surface area (Å²) in [6, 6.07) is 15.2. The van der Waals surface area contributed by atoms with Gasteiger partial charge in [0.2, 0.25) is 0 Å². The van der Waals surface area contributed by atoms with Crippen LogP contribution >= 0.6 is 11.6 Å². The van der Waals surface area contributed by atoms with Crippen LogP contribution in [0.15, 0.2) is 54.7 Å². The quantitative estimate of drug-likeness (QED) is 0.714. The fraction of sp³-hybridized carbons (Fsp3) is 0.211. The van der Waals surface area contributed by atoms with Gasteiger partial charge >= 0.3 is 6.03 Å². The zero-order valence-electron chi connectivity index (χ0n) is 13.5. The van der Waals surface area contributed by atoms with Crippen molar-refractivity contribution in [3.63, 3.8) is 0 Å². The van der Waals surface area contributed by atoms with Gasteiger partial charge in [-0.1, -0.05) is 23.7 Å². The summed E-state index contributed by atoms with van der Waals surface area (Å²) in [7, 11) is 0. The second-order valence-electron chi connectivity index (χ2n) is 6.07. The van der Waals surface area contributed by atoms with Crippen molar-refractivity contribution in [3.8, 4) is 0 Å². The van der Waals surface area contributed by atoms with Gasteiger partial charge in [-0.25, -0.2) is 4.79 Å². The number of H-pyrrole nitrogens is 1. The molecular weight excluding hydrogens is 338 g/mol. The zero-order chi connectivity index (χ0) is 17.2. The fourth-order valence-electron chi connectivity index (χ4n) is 3.08. The highest BCUT2D eigenvalue weighted by Gasteiger charge is 2.25. The molecule has 2 N–H and O–H groups in total. The highest BCUT2D eigenvalue weighted by molar-refractivity contribution is 6.30. The van der Waals surface area contributed by atoms with E-state index in [4.69, 9.17) is 16.3 Å². The minimum atomic E-state index is -0.162. The third-order valence-electron chi connectivity index (χ3n) is 4.38. The van der Waals surface area contributed by atoms with Crippen molar-refractivity contribution in [2.75, 3.05) is 25.0 Å². The monoisotopic (exact) mass is 355 g/mol. The Hall–Kier alpha value is -2.50. The normalized spacial score (nSPS) is 17.6. The molecule has 1 aromatic heterocycles. The average molecular weight is 356 g/mol. The van der Waals surface area contributed by atoms with Crippen LogP contribution in [-0.2, 0) is 4.74 Å². The molecule has 1 aliphatic heterocycles. The lowest BCUT2D eigenvalue weighted by Crippen LogP contribution is -2.44. The molecule has 1 atom stereocenters. The molecule has 0 spiro atoms. The van der Waals surface area contributed by atoms with E-state index in [2.05, 4.69) is 10.3 Å². The summed E-state index contributed by atoms with van der Waals surface area (Å²) in [6.45, 7) is 1.56. The molecule has 5 nitrogen and oxygen atoms in total. The van der Waals surface area contributed by atoms with E-state index in [1.54, 1.807) is 4.90 Å². The number of fused-ring (bicyclic) bond motifs is 1. The van der Waals surface area contributed by atoms with Crippen LogP contribution in [0.25, 0.3) is 10.9 Å². The summed E-state index contributed by atoms with van der Waals surface area (Å²) in [6.07, 6.45) is 1.72. The van der Waals surface area contributed by atoms with Crippen LogP contribution in [0, 0.1) is 0 Å². The van der Waals surface area contributed by atoms with Gasteiger partial charge in [-0.15, -0.1) is 0 Å². The van der Waals surface area contributed by atoms with Crippen LogP contribution in [0.2, 0.25) is 5.02 Å². The van der Waals surface area contributed by atoms with Crippen molar-refractivity contribution in [1.82, 2.24) is 9.88 Å². The van der Waals surface area contributed by atoms with Gasteiger partial charge in [0, 0.05) is 34.4 Å². The predicted molar refractivity (Wildman–Crippen MR) is 99.0 cm³/mol. The molecule has 2 amide bonds. The van der Waals surface area contributed by atoms with Crippen molar-refractivity contribution >= 4 is 34.2 Å². The number of halogens is 1. The summed E-state index contributed by atoms with van der Waals surface area (Å²) in [5, 5.41) is 4.70. The first-order valence-corrected chi connectivity index (χ1v) is 8.57. The van der Waals surface area contributed by atoms with E-state index in [1.807, 2.05) is 54.7 Å². The first-order chi connectivity index (χ1) is 12.2. The molecule has 0 saturated carbocycles. The minimum Gasteiger partial charge on any atom is -0.370 e. The Labute approximate surface area is 150 Å². The van der Waals surface area contributed by atoms with E-state index >= 15 is 0 Å². The smallest absolute Gasteiger partial charge is 0.322 e. The SMILES string of the molecule is O=C(Nc1ccc2[nH]ccc2c1)N1CCOC(c2cccc(Cl)c2)C1. The first-order valence-electron chi connectivity index (χ1n) is 8.19. The predicted octanol–water partition coefficient (Wildman–Crippen LogP) is 4.43. The maximum atomic E-state index is 12.6. The fourth-order valence-corrected chi connectivity index (χ4v) is 3.27. The number of rotatable bonds is 2. The van der Waals surface area contributed by atoms with Crippen LogP contribution in [0.4, 0.5) is 10.5 Å². The number of carbonyl (C=O) groups is 1. The minimum absolute atomic E-state index is 0.120. The van der Waals surface area contributed by atoms with Crippen LogP contribution in [0.3, 0.4) is 0 Å².